The summed E-state index contributed by atoms with van der Waals surface area (Å²) < 4.78 is 5.23. The first-order valence-electron chi connectivity index (χ1n) is 8.37. The van der Waals surface area contributed by atoms with Gasteiger partial charge in [0.1, 0.15) is 6.61 Å². The number of aromatic nitrogens is 1. The Hall–Kier alpha value is -1.38. The Morgan fingerprint density at radius 3 is 2.14 bits per heavy atom. The molecule has 0 saturated carbocycles. The van der Waals surface area contributed by atoms with Gasteiger partial charge in [-0.2, -0.15) is 0 Å². The van der Waals surface area contributed by atoms with Crippen LogP contribution >= 0.6 is 0 Å². The molecule has 0 atom stereocenters. The van der Waals surface area contributed by atoms with E-state index in [1.54, 1.807) is 12.4 Å². The zero-order valence-electron chi connectivity index (χ0n) is 13.4. The van der Waals surface area contributed by atoms with Crippen LogP contribution in [0.3, 0.4) is 0 Å². The normalized spacial score (nSPS) is 10.5. The summed E-state index contributed by atoms with van der Waals surface area (Å²) in [4.78, 5) is 15.5. The van der Waals surface area contributed by atoms with Crippen molar-refractivity contribution in [3.63, 3.8) is 0 Å². The van der Waals surface area contributed by atoms with Crippen LogP contribution in [0.2, 0.25) is 0 Å². The summed E-state index contributed by atoms with van der Waals surface area (Å²) in [5, 5.41) is 0. The fourth-order valence-corrected chi connectivity index (χ4v) is 2.30. The number of hydrogen-bond donors (Lipinski definition) is 0. The van der Waals surface area contributed by atoms with Crippen LogP contribution in [0.15, 0.2) is 24.5 Å². The van der Waals surface area contributed by atoms with Gasteiger partial charge >= 0.3 is 5.97 Å². The third-order valence-electron chi connectivity index (χ3n) is 3.63. The molecule has 0 aliphatic rings. The van der Waals surface area contributed by atoms with Crippen molar-refractivity contribution in [2.75, 3.05) is 0 Å². The molecule has 0 bridgehead atoms. The Kier molecular flexibility index (Phi) is 10.4. The molecule has 0 aliphatic carbocycles. The van der Waals surface area contributed by atoms with Crippen LogP contribution in [-0.2, 0) is 16.1 Å². The zero-order chi connectivity index (χ0) is 15.2. The van der Waals surface area contributed by atoms with Crippen molar-refractivity contribution in [3.8, 4) is 0 Å². The summed E-state index contributed by atoms with van der Waals surface area (Å²) >= 11 is 0. The van der Waals surface area contributed by atoms with E-state index in [1.165, 1.54) is 44.9 Å². The van der Waals surface area contributed by atoms with Crippen molar-refractivity contribution in [1.82, 2.24) is 4.98 Å². The van der Waals surface area contributed by atoms with E-state index in [9.17, 15) is 4.79 Å². The number of unbranched alkanes of at least 4 members (excludes halogenated alkanes) is 8. The van der Waals surface area contributed by atoms with Crippen molar-refractivity contribution < 1.29 is 9.53 Å². The highest BCUT2D eigenvalue weighted by Gasteiger charge is 2.03. The van der Waals surface area contributed by atoms with Gasteiger partial charge in [0.15, 0.2) is 0 Å². The van der Waals surface area contributed by atoms with Gasteiger partial charge < -0.3 is 4.74 Å². The first-order chi connectivity index (χ1) is 10.3. The van der Waals surface area contributed by atoms with Crippen LogP contribution in [0.25, 0.3) is 0 Å². The second kappa shape index (κ2) is 12.4. The van der Waals surface area contributed by atoms with Crippen LogP contribution in [0.5, 0.6) is 0 Å². The standard InChI is InChI=1S/C18H29NO2/c1-2-3-4-5-6-7-8-9-10-11-18(20)21-16-17-12-14-19-15-13-17/h12-15H,2-11,16H2,1H3. The molecule has 0 amide bonds. The van der Waals surface area contributed by atoms with E-state index in [-0.39, 0.29) is 5.97 Å². The molecule has 0 aliphatic heterocycles. The molecule has 118 valence electrons. The highest BCUT2D eigenvalue weighted by Crippen LogP contribution is 2.11. The van der Waals surface area contributed by atoms with Gasteiger partial charge in [-0.3, -0.25) is 9.78 Å². The minimum atomic E-state index is -0.0882. The minimum Gasteiger partial charge on any atom is -0.461 e. The number of pyridine rings is 1. The third-order valence-corrected chi connectivity index (χ3v) is 3.63. The lowest BCUT2D eigenvalue weighted by Gasteiger charge is -2.05. The molecule has 0 spiro atoms. The first-order valence-corrected chi connectivity index (χ1v) is 8.37. The Bertz CT molecular complexity index is 365. The largest absolute Gasteiger partial charge is 0.461 e. The molecule has 0 fully saturated rings. The monoisotopic (exact) mass is 291 g/mol. The fourth-order valence-electron chi connectivity index (χ4n) is 2.30. The van der Waals surface area contributed by atoms with Gasteiger partial charge in [0.05, 0.1) is 0 Å². The van der Waals surface area contributed by atoms with E-state index >= 15 is 0 Å². The number of rotatable bonds is 12. The van der Waals surface area contributed by atoms with Gasteiger partial charge in [-0.05, 0) is 24.1 Å². The quantitative estimate of drug-likeness (QED) is 0.400. The number of ether oxygens (including phenoxy) is 1. The Morgan fingerprint density at radius 1 is 0.952 bits per heavy atom. The van der Waals surface area contributed by atoms with Gasteiger partial charge in [0.25, 0.3) is 0 Å². The third kappa shape index (κ3) is 10.1. The molecule has 0 N–H and O–H groups in total. The Balaban J connectivity index is 1.89. The molecule has 1 rings (SSSR count). The van der Waals surface area contributed by atoms with Crippen molar-refractivity contribution in [2.24, 2.45) is 0 Å². The molecule has 21 heavy (non-hydrogen) atoms. The van der Waals surface area contributed by atoms with E-state index in [2.05, 4.69) is 11.9 Å². The number of esters is 1. The van der Waals surface area contributed by atoms with Crippen LogP contribution in [0.1, 0.15) is 76.7 Å². The van der Waals surface area contributed by atoms with Crippen LogP contribution in [-0.4, -0.2) is 11.0 Å². The molecule has 0 aromatic carbocycles. The summed E-state index contributed by atoms with van der Waals surface area (Å²) in [6, 6.07) is 3.73. The van der Waals surface area contributed by atoms with E-state index in [0.717, 1.165) is 18.4 Å². The molecule has 0 unspecified atom stereocenters. The highest BCUT2D eigenvalue weighted by molar-refractivity contribution is 5.69. The number of carbonyl (C=O) groups excluding carboxylic acids is 1. The molecule has 1 heterocycles. The van der Waals surface area contributed by atoms with Gasteiger partial charge in [-0.25, -0.2) is 0 Å². The highest BCUT2D eigenvalue weighted by atomic mass is 16.5. The maximum Gasteiger partial charge on any atom is 0.306 e. The first kappa shape index (κ1) is 17.7. The van der Waals surface area contributed by atoms with Crippen LogP contribution < -0.4 is 0 Å². The second-order valence-electron chi connectivity index (χ2n) is 5.59. The molecule has 3 heteroatoms. The van der Waals surface area contributed by atoms with Crippen molar-refractivity contribution in [1.29, 1.82) is 0 Å². The minimum absolute atomic E-state index is 0.0882. The number of carbonyl (C=O) groups is 1. The molecule has 0 radical (unpaired) electrons. The van der Waals surface area contributed by atoms with Crippen molar-refractivity contribution in [3.05, 3.63) is 30.1 Å². The van der Waals surface area contributed by atoms with E-state index in [4.69, 9.17) is 4.74 Å². The average molecular weight is 291 g/mol. The van der Waals surface area contributed by atoms with Crippen molar-refractivity contribution >= 4 is 5.97 Å². The van der Waals surface area contributed by atoms with E-state index in [1.807, 2.05) is 12.1 Å². The summed E-state index contributed by atoms with van der Waals surface area (Å²) in [6.45, 7) is 2.60. The van der Waals surface area contributed by atoms with Crippen LogP contribution in [0.4, 0.5) is 0 Å². The second-order valence-corrected chi connectivity index (χ2v) is 5.59. The SMILES string of the molecule is CCCCCCCCCCCC(=O)OCc1ccncc1. The lowest BCUT2D eigenvalue weighted by atomic mass is 10.1. The lowest BCUT2D eigenvalue weighted by Crippen LogP contribution is -2.04. The maximum absolute atomic E-state index is 11.6. The lowest BCUT2D eigenvalue weighted by molar-refractivity contribution is -0.145. The number of nitrogens with zero attached hydrogens (tertiary/aromatic N) is 1. The van der Waals surface area contributed by atoms with E-state index < -0.39 is 0 Å². The predicted octanol–water partition coefficient (Wildman–Crippen LogP) is 5.05. The molecule has 1 aromatic heterocycles. The topological polar surface area (TPSA) is 39.2 Å². The van der Waals surface area contributed by atoms with Gasteiger partial charge in [0.2, 0.25) is 0 Å². The van der Waals surface area contributed by atoms with E-state index in [0.29, 0.717) is 13.0 Å². The maximum atomic E-state index is 11.6. The van der Waals surface area contributed by atoms with Crippen LogP contribution in [0, 0.1) is 0 Å². The molecule has 3 nitrogen and oxygen atoms in total. The molecular formula is C18H29NO2. The summed E-state index contributed by atoms with van der Waals surface area (Å²) in [7, 11) is 0. The Labute approximate surface area is 129 Å². The predicted molar refractivity (Wildman–Crippen MR) is 85.9 cm³/mol. The summed E-state index contributed by atoms with van der Waals surface area (Å²) in [5.74, 6) is -0.0882. The van der Waals surface area contributed by atoms with Gasteiger partial charge in [-0.15, -0.1) is 0 Å². The van der Waals surface area contributed by atoms with Gasteiger partial charge in [-0.1, -0.05) is 58.3 Å². The summed E-state index contributed by atoms with van der Waals surface area (Å²) in [6.07, 6.45) is 15.3. The molecular weight excluding hydrogens is 262 g/mol. The molecule has 0 saturated heterocycles. The summed E-state index contributed by atoms with van der Waals surface area (Å²) in [5.41, 5.74) is 0.991. The fraction of sp³-hybridized carbons (Fsp3) is 0.667. The van der Waals surface area contributed by atoms with Gasteiger partial charge in [0, 0.05) is 18.8 Å². The number of hydrogen-bond acceptors (Lipinski definition) is 3. The molecule has 1 aromatic rings. The Morgan fingerprint density at radius 2 is 1.52 bits per heavy atom. The zero-order valence-corrected chi connectivity index (χ0v) is 13.4. The van der Waals surface area contributed by atoms with Crippen molar-refractivity contribution in [2.45, 2.75) is 77.7 Å². The average Bonchev–Trinajstić information content (AvgIpc) is 2.52. The smallest absolute Gasteiger partial charge is 0.306 e.